The number of benzene rings is 1. The maximum atomic E-state index is 12.6. The maximum absolute atomic E-state index is 12.6. The third kappa shape index (κ3) is 4.69. The number of aromatic nitrogens is 3. The predicted molar refractivity (Wildman–Crippen MR) is 111 cm³/mol. The lowest BCUT2D eigenvalue weighted by Gasteiger charge is -2.13. The van der Waals surface area contributed by atoms with E-state index in [1.54, 1.807) is 44.4 Å². The molecular formula is C20H19N5O4S. The Balaban J connectivity index is 1.89. The number of nitrogens with one attached hydrogen (secondary N) is 2. The van der Waals surface area contributed by atoms with Crippen LogP contribution in [0, 0.1) is 18.3 Å². The number of aromatic amines is 1. The van der Waals surface area contributed by atoms with Gasteiger partial charge in [0.25, 0.3) is 5.56 Å². The van der Waals surface area contributed by atoms with Crippen LogP contribution in [-0.2, 0) is 4.79 Å². The summed E-state index contributed by atoms with van der Waals surface area (Å²) in [5.41, 5.74) is 0.174. The second-order valence-electron chi connectivity index (χ2n) is 6.26. The number of carbonyl (C=O) groups is 1. The molecule has 3 rings (SSSR count). The van der Waals surface area contributed by atoms with Gasteiger partial charge in [0.1, 0.15) is 23.1 Å². The third-order valence-electron chi connectivity index (χ3n) is 4.17. The van der Waals surface area contributed by atoms with Gasteiger partial charge in [-0.15, -0.1) is 0 Å². The van der Waals surface area contributed by atoms with Crippen molar-refractivity contribution in [2.75, 3.05) is 12.4 Å². The van der Waals surface area contributed by atoms with Crippen LogP contribution in [-0.4, -0.2) is 33.4 Å². The molecule has 2 aromatic heterocycles. The molecule has 0 saturated carbocycles. The molecule has 0 saturated heterocycles. The van der Waals surface area contributed by atoms with E-state index in [0.29, 0.717) is 29.3 Å². The first-order valence-electron chi connectivity index (χ1n) is 9.04. The predicted octanol–water partition coefficient (Wildman–Crippen LogP) is 3.12. The summed E-state index contributed by atoms with van der Waals surface area (Å²) in [6, 6.07) is 10.4. The highest BCUT2D eigenvalue weighted by atomic mass is 32.2. The summed E-state index contributed by atoms with van der Waals surface area (Å²) in [6.07, 6.45) is 0.481. The molecule has 2 N–H and O–H groups in total. The SMILES string of the molecule is CC[C@H](Sc1nc(-c2ccc(OC)cc2)c(C#N)c(=O)[nH]1)C(=O)Nc1cc(C)on1. The molecule has 30 heavy (non-hydrogen) atoms. The molecule has 0 unspecified atom stereocenters. The number of aryl methyl sites for hydroxylation is 1. The molecule has 0 fully saturated rings. The second-order valence-corrected chi connectivity index (χ2v) is 7.45. The molecule has 10 heteroatoms. The molecule has 154 valence electrons. The third-order valence-corrected chi connectivity index (χ3v) is 5.42. The van der Waals surface area contributed by atoms with Crippen LogP contribution in [0.2, 0.25) is 0 Å². The zero-order chi connectivity index (χ0) is 21.7. The maximum Gasteiger partial charge on any atom is 0.270 e. The lowest BCUT2D eigenvalue weighted by molar-refractivity contribution is -0.115. The number of thioether (sulfide) groups is 1. The van der Waals surface area contributed by atoms with Crippen LogP contribution in [0.1, 0.15) is 24.7 Å². The molecule has 0 spiro atoms. The van der Waals surface area contributed by atoms with Gasteiger partial charge in [0.05, 0.1) is 18.1 Å². The summed E-state index contributed by atoms with van der Waals surface area (Å²) in [4.78, 5) is 32.1. The van der Waals surface area contributed by atoms with Gasteiger partial charge in [-0.05, 0) is 37.6 Å². The van der Waals surface area contributed by atoms with Crippen LogP contribution in [0.25, 0.3) is 11.3 Å². The van der Waals surface area contributed by atoms with Crippen molar-refractivity contribution in [2.24, 2.45) is 0 Å². The van der Waals surface area contributed by atoms with Crippen molar-refractivity contribution in [1.82, 2.24) is 15.1 Å². The van der Waals surface area contributed by atoms with E-state index >= 15 is 0 Å². The summed E-state index contributed by atoms with van der Waals surface area (Å²) in [6.45, 7) is 3.57. The average molecular weight is 425 g/mol. The minimum atomic E-state index is -0.566. The van der Waals surface area contributed by atoms with Crippen molar-refractivity contribution in [2.45, 2.75) is 30.7 Å². The fourth-order valence-electron chi connectivity index (χ4n) is 2.66. The van der Waals surface area contributed by atoms with Crippen molar-refractivity contribution >= 4 is 23.5 Å². The number of anilines is 1. The zero-order valence-corrected chi connectivity index (χ0v) is 17.4. The van der Waals surface area contributed by atoms with Crippen LogP contribution >= 0.6 is 11.8 Å². The van der Waals surface area contributed by atoms with E-state index < -0.39 is 10.8 Å². The quantitative estimate of drug-likeness (QED) is 0.436. The number of carbonyl (C=O) groups excluding carboxylic acids is 1. The molecule has 3 aromatic rings. The van der Waals surface area contributed by atoms with E-state index in [9.17, 15) is 14.9 Å². The van der Waals surface area contributed by atoms with E-state index in [-0.39, 0.29) is 22.3 Å². The molecular weight excluding hydrogens is 406 g/mol. The first-order chi connectivity index (χ1) is 14.4. The molecule has 0 aliphatic carbocycles. The summed E-state index contributed by atoms with van der Waals surface area (Å²) in [5, 5.41) is 15.5. The number of hydrogen-bond acceptors (Lipinski definition) is 8. The van der Waals surface area contributed by atoms with Gasteiger partial charge < -0.3 is 19.6 Å². The van der Waals surface area contributed by atoms with E-state index in [2.05, 4.69) is 20.4 Å². The van der Waals surface area contributed by atoms with Gasteiger partial charge in [-0.2, -0.15) is 5.26 Å². The van der Waals surface area contributed by atoms with Gasteiger partial charge in [0.15, 0.2) is 11.0 Å². The number of amides is 1. The van der Waals surface area contributed by atoms with Crippen molar-refractivity contribution < 1.29 is 14.1 Å². The Morgan fingerprint density at radius 2 is 2.13 bits per heavy atom. The van der Waals surface area contributed by atoms with Gasteiger partial charge in [0, 0.05) is 11.6 Å². The lowest BCUT2D eigenvalue weighted by atomic mass is 10.1. The topological polar surface area (TPSA) is 134 Å². The highest BCUT2D eigenvalue weighted by Crippen LogP contribution is 2.27. The van der Waals surface area contributed by atoms with Gasteiger partial charge in [-0.25, -0.2) is 4.98 Å². The van der Waals surface area contributed by atoms with Crippen molar-refractivity contribution in [3.63, 3.8) is 0 Å². The Bertz CT molecular complexity index is 1150. The first kappa shape index (κ1) is 21.1. The number of rotatable bonds is 7. The minimum absolute atomic E-state index is 0.0971. The number of ether oxygens (including phenoxy) is 1. The summed E-state index contributed by atoms with van der Waals surface area (Å²) >= 11 is 1.10. The Kier molecular flexibility index (Phi) is 6.54. The monoisotopic (exact) mass is 425 g/mol. The van der Waals surface area contributed by atoms with Crippen LogP contribution in [0.4, 0.5) is 5.82 Å². The molecule has 1 amide bonds. The largest absolute Gasteiger partial charge is 0.497 e. The zero-order valence-electron chi connectivity index (χ0n) is 16.6. The highest BCUT2D eigenvalue weighted by molar-refractivity contribution is 8.00. The van der Waals surface area contributed by atoms with Gasteiger partial charge in [0.2, 0.25) is 5.91 Å². The van der Waals surface area contributed by atoms with Crippen molar-refractivity contribution in [3.8, 4) is 23.1 Å². The number of nitrogens with zero attached hydrogens (tertiary/aromatic N) is 3. The molecule has 1 aromatic carbocycles. The number of nitriles is 1. The van der Waals surface area contributed by atoms with E-state index in [1.807, 2.05) is 13.0 Å². The fraction of sp³-hybridized carbons (Fsp3) is 0.250. The van der Waals surface area contributed by atoms with Gasteiger partial charge >= 0.3 is 0 Å². The van der Waals surface area contributed by atoms with E-state index in [0.717, 1.165) is 11.8 Å². The Hall–Kier alpha value is -3.58. The fourth-order valence-corrected chi connectivity index (χ4v) is 3.56. The van der Waals surface area contributed by atoms with E-state index in [4.69, 9.17) is 9.26 Å². The normalized spacial score (nSPS) is 11.5. The molecule has 1 atom stereocenters. The molecule has 9 nitrogen and oxygen atoms in total. The first-order valence-corrected chi connectivity index (χ1v) is 9.92. The van der Waals surface area contributed by atoms with Crippen LogP contribution in [0.15, 0.2) is 44.8 Å². The minimum Gasteiger partial charge on any atom is -0.497 e. The number of H-pyrrole nitrogens is 1. The molecule has 0 bridgehead atoms. The van der Waals surface area contributed by atoms with Gasteiger partial charge in [-0.3, -0.25) is 9.59 Å². The standard InChI is InChI=1S/C20H19N5O4S/c1-4-15(19(27)22-16-9-11(2)29-25-16)30-20-23-17(14(10-21)18(26)24-20)12-5-7-13(28-3)8-6-12/h5-9,15H,4H2,1-3H3,(H,22,25,27)(H,23,24,26)/t15-/m0/s1. The van der Waals surface area contributed by atoms with Crippen LogP contribution in [0.3, 0.4) is 0 Å². The number of hydrogen-bond donors (Lipinski definition) is 2. The van der Waals surface area contributed by atoms with Crippen LogP contribution < -0.4 is 15.6 Å². The lowest BCUT2D eigenvalue weighted by Crippen LogP contribution is -2.25. The smallest absolute Gasteiger partial charge is 0.270 e. The Morgan fingerprint density at radius 1 is 1.40 bits per heavy atom. The van der Waals surface area contributed by atoms with Crippen molar-refractivity contribution in [1.29, 1.82) is 5.26 Å². The second kappa shape index (κ2) is 9.28. The highest BCUT2D eigenvalue weighted by Gasteiger charge is 2.22. The molecule has 0 aliphatic rings. The molecule has 0 radical (unpaired) electrons. The van der Waals surface area contributed by atoms with Crippen LogP contribution in [0.5, 0.6) is 5.75 Å². The number of methoxy groups -OCH3 is 1. The summed E-state index contributed by atoms with van der Waals surface area (Å²) in [5.74, 6) is 1.24. The Labute approximate surface area is 176 Å². The molecule has 2 heterocycles. The molecule has 0 aliphatic heterocycles. The van der Waals surface area contributed by atoms with E-state index in [1.165, 1.54) is 0 Å². The summed E-state index contributed by atoms with van der Waals surface area (Å²) in [7, 11) is 1.55. The summed E-state index contributed by atoms with van der Waals surface area (Å²) < 4.78 is 10.1. The average Bonchev–Trinajstić information content (AvgIpc) is 3.16. The van der Waals surface area contributed by atoms with Crippen molar-refractivity contribution in [3.05, 3.63) is 52.0 Å². The van der Waals surface area contributed by atoms with Gasteiger partial charge in [-0.1, -0.05) is 23.8 Å². The Morgan fingerprint density at radius 3 is 2.70 bits per heavy atom.